The van der Waals surface area contributed by atoms with Crippen molar-refractivity contribution in [3.8, 4) is 0 Å². The minimum atomic E-state index is 0.0773. The Morgan fingerprint density at radius 3 is 1.60 bits per heavy atom. The summed E-state index contributed by atoms with van der Waals surface area (Å²) in [6.07, 6.45) is 3.06. The lowest BCUT2D eigenvalue weighted by Gasteiger charge is -2.50. The summed E-state index contributed by atoms with van der Waals surface area (Å²) in [5.74, 6) is 0.575. The van der Waals surface area contributed by atoms with Gasteiger partial charge in [-0.25, -0.2) is 0 Å². The van der Waals surface area contributed by atoms with Crippen LogP contribution in [-0.2, 0) is 4.79 Å². The van der Waals surface area contributed by atoms with Crippen LogP contribution in [0.25, 0.3) is 0 Å². The molecule has 130 valence electrons. The maximum Gasteiger partial charge on any atom is 0.142 e. The number of ketones is 1. The number of likely N-dealkylation sites (tertiary alicyclic amines) is 1. The van der Waals surface area contributed by atoms with Gasteiger partial charge in [0.15, 0.2) is 0 Å². The molecular weight excluding hydrogens is 353 g/mol. The van der Waals surface area contributed by atoms with E-state index in [1.807, 2.05) is 24.3 Å². The van der Waals surface area contributed by atoms with E-state index < -0.39 is 0 Å². The molecule has 4 atom stereocenters. The number of benzene rings is 2. The van der Waals surface area contributed by atoms with Crippen molar-refractivity contribution in [1.82, 2.24) is 4.90 Å². The molecule has 2 aromatic rings. The summed E-state index contributed by atoms with van der Waals surface area (Å²) in [6, 6.07) is 16.1. The second-order valence-corrected chi connectivity index (χ2v) is 8.08. The molecule has 4 rings (SSSR count). The summed E-state index contributed by atoms with van der Waals surface area (Å²) in [5, 5.41) is 1.45. The third-order valence-corrected chi connectivity index (χ3v) is 6.33. The van der Waals surface area contributed by atoms with E-state index in [2.05, 4.69) is 36.2 Å². The Labute approximate surface area is 158 Å². The first-order valence-electron chi connectivity index (χ1n) is 8.83. The van der Waals surface area contributed by atoms with E-state index in [0.29, 0.717) is 5.78 Å². The van der Waals surface area contributed by atoms with Crippen LogP contribution in [0.5, 0.6) is 0 Å². The molecule has 1 aliphatic heterocycles. The summed E-state index contributed by atoms with van der Waals surface area (Å²) in [6.45, 7) is 0. The predicted octanol–water partition coefficient (Wildman–Crippen LogP) is 5.71. The minimum Gasteiger partial charge on any atom is -0.299 e. The maximum atomic E-state index is 13.2. The number of nitrogens with zero attached hydrogens (tertiary/aromatic N) is 1. The smallest absolute Gasteiger partial charge is 0.142 e. The van der Waals surface area contributed by atoms with Crippen LogP contribution in [-0.4, -0.2) is 17.7 Å². The van der Waals surface area contributed by atoms with Crippen molar-refractivity contribution >= 4 is 29.0 Å². The SMILES string of the molecule is CN1C(c2ccc(Cl)cc2)C2CCCC(C2=O)C1c1ccc(Cl)cc1. The standard InChI is InChI=1S/C21H21Cl2NO/c1-24-19(13-5-9-15(22)10-6-13)17-3-2-4-18(21(17)25)20(24)14-7-11-16(23)12-8-14/h5-12,17-20H,2-4H2,1H3. The van der Waals surface area contributed by atoms with Gasteiger partial charge in [-0.3, -0.25) is 9.69 Å². The van der Waals surface area contributed by atoms with Crippen molar-refractivity contribution in [1.29, 1.82) is 0 Å². The van der Waals surface area contributed by atoms with Crippen molar-refractivity contribution < 1.29 is 4.79 Å². The van der Waals surface area contributed by atoms with E-state index in [4.69, 9.17) is 23.2 Å². The number of rotatable bonds is 2. The Kier molecular flexibility index (Phi) is 4.61. The van der Waals surface area contributed by atoms with Crippen molar-refractivity contribution in [2.45, 2.75) is 31.3 Å². The lowest BCUT2D eigenvalue weighted by molar-refractivity contribution is -0.143. The highest BCUT2D eigenvalue weighted by Gasteiger charge is 2.49. The molecule has 0 radical (unpaired) electrons. The number of Topliss-reactive ketones (excluding diaryl/α,β-unsaturated/α-hetero) is 1. The average Bonchev–Trinajstić information content (AvgIpc) is 2.60. The number of piperidine rings is 1. The van der Waals surface area contributed by atoms with Crippen LogP contribution in [0.3, 0.4) is 0 Å². The molecular formula is C21H21Cl2NO. The molecule has 0 N–H and O–H groups in total. The highest BCUT2D eigenvalue weighted by atomic mass is 35.5. The van der Waals surface area contributed by atoms with Gasteiger partial charge in [-0.2, -0.15) is 0 Å². The molecule has 0 spiro atoms. The zero-order valence-electron chi connectivity index (χ0n) is 14.2. The van der Waals surface area contributed by atoms with Crippen molar-refractivity contribution in [2.75, 3.05) is 7.05 Å². The normalized spacial score (nSPS) is 29.6. The van der Waals surface area contributed by atoms with Gasteiger partial charge in [0.25, 0.3) is 0 Å². The first kappa shape index (κ1) is 17.1. The van der Waals surface area contributed by atoms with Gasteiger partial charge >= 0.3 is 0 Å². The molecule has 1 heterocycles. The monoisotopic (exact) mass is 373 g/mol. The van der Waals surface area contributed by atoms with E-state index in [9.17, 15) is 4.79 Å². The minimum absolute atomic E-state index is 0.0773. The second-order valence-electron chi connectivity index (χ2n) is 7.20. The van der Waals surface area contributed by atoms with Crippen LogP contribution >= 0.6 is 23.2 Å². The van der Waals surface area contributed by atoms with Crippen molar-refractivity contribution in [3.05, 3.63) is 69.7 Å². The molecule has 1 aliphatic carbocycles. The Balaban J connectivity index is 1.77. The Bertz CT molecular complexity index is 708. The molecule has 25 heavy (non-hydrogen) atoms. The van der Waals surface area contributed by atoms with Gasteiger partial charge in [-0.15, -0.1) is 0 Å². The molecule has 2 aliphatic rings. The van der Waals surface area contributed by atoms with Crippen LogP contribution in [0, 0.1) is 11.8 Å². The summed E-state index contributed by atoms with van der Waals surface area (Å²) >= 11 is 12.1. The fourth-order valence-electron chi connectivity index (χ4n) is 4.74. The van der Waals surface area contributed by atoms with Gasteiger partial charge < -0.3 is 0 Å². The van der Waals surface area contributed by atoms with Gasteiger partial charge in [0.05, 0.1) is 0 Å². The number of carbonyl (C=O) groups excluding carboxylic acids is 1. The third kappa shape index (κ3) is 3.01. The van der Waals surface area contributed by atoms with E-state index in [-0.39, 0.29) is 23.9 Å². The molecule has 2 nitrogen and oxygen atoms in total. The molecule has 4 heteroatoms. The number of hydrogen-bond acceptors (Lipinski definition) is 2. The molecule has 2 aromatic carbocycles. The van der Waals surface area contributed by atoms with Gasteiger partial charge in [0.1, 0.15) is 5.78 Å². The Hall–Kier alpha value is -1.35. The molecule has 2 fully saturated rings. The van der Waals surface area contributed by atoms with Crippen LogP contribution in [0.1, 0.15) is 42.5 Å². The highest BCUT2D eigenvalue weighted by molar-refractivity contribution is 6.30. The van der Waals surface area contributed by atoms with Crippen molar-refractivity contribution in [2.24, 2.45) is 11.8 Å². The average molecular weight is 374 g/mol. The van der Waals surface area contributed by atoms with E-state index in [1.54, 1.807) is 0 Å². The van der Waals surface area contributed by atoms with Gasteiger partial charge in [-0.05, 0) is 55.3 Å². The first-order chi connectivity index (χ1) is 12.1. The number of hydrogen-bond donors (Lipinski definition) is 0. The largest absolute Gasteiger partial charge is 0.299 e. The highest BCUT2D eigenvalue weighted by Crippen LogP contribution is 2.51. The number of fused-ring (bicyclic) bond motifs is 2. The number of carbonyl (C=O) groups is 1. The van der Waals surface area contributed by atoms with Crippen molar-refractivity contribution in [3.63, 3.8) is 0 Å². The summed E-state index contributed by atoms with van der Waals surface area (Å²) < 4.78 is 0. The zero-order valence-corrected chi connectivity index (χ0v) is 15.7. The van der Waals surface area contributed by atoms with Crippen LogP contribution in [0.2, 0.25) is 10.0 Å². The zero-order chi connectivity index (χ0) is 17.6. The van der Waals surface area contributed by atoms with E-state index in [1.165, 1.54) is 11.1 Å². The molecule has 1 saturated carbocycles. The fourth-order valence-corrected chi connectivity index (χ4v) is 4.99. The maximum absolute atomic E-state index is 13.2. The van der Waals surface area contributed by atoms with E-state index >= 15 is 0 Å². The molecule has 0 amide bonds. The predicted molar refractivity (Wildman–Crippen MR) is 102 cm³/mol. The number of halogens is 2. The Morgan fingerprint density at radius 2 is 1.20 bits per heavy atom. The summed E-state index contributed by atoms with van der Waals surface area (Å²) in [4.78, 5) is 15.6. The Morgan fingerprint density at radius 1 is 0.800 bits per heavy atom. The summed E-state index contributed by atoms with van der Waals surface area (Å²) in [5.41, 5.74) is 2.34. The lowest BCUT2D eigenvalue weighted by Crippen LogP contribution is -2.51. The first-order valence-corrected chi connectivity index (χ1v) is 9.58. The van der Waals surface area contributed by atoms with Gasteiger partial charge in [-0.1, -0.05) is 53.9 Å². The lowest BCUT2D eigenvalue weighted by atomic mass is 9.66. The molecule has 2 bridgehead atoms. The third-order valence-electron chi connectivity index (χ3n) is 5.82. The molecule has 0 aromatic heterocycles. The topological polar surface area (TPSA) is 20.3 Å². The van der Waals surface area contributed by atoms with Crippen LogP contribution < -0.4 is 0 Å². The quantitative estimate of drug-likeness (QED) is 0.671. The summed E-state index contributed by atoms with van der Waals surface area (Å²) in [7, 11) is 2.15. The van der Waals surface area contributed by atoms with E-state index in [0.717, 1.165) is 29.3 Å². The second kappa shape index (κ2) is 6.75. The van der Waals surface area contributed by atoms with Crippen LogP contribution in [0.15, 0.2) is 48.5 Å². The van der Waals surface area contributed by atoms with Gasteiger partial charge in [0, 0.05) is 34.0 Å². The fraction of sp³-hybridized carbons (Fsp3) is 0.381. The molecule has 4 unspecified atom stereocenters. The van der Waals surface area contributed by atoms with Crippen LogP contribution in [0.4, 0.5) is 0 Å². The van der Waals surface area contributed by atoms with Gasteiger partial charge in [0.2, 0.25) is 0 Å². The molecule has 1 saturated heterocycles.